The summed E-state index contributed by atoms with van der Waals surface area (Å²) in [5.74, 6) is 0.896. The van der Waals surface area contributed by atoms with Gasteiger partial charge in [-0.25, -0.2) is 4.98 Å². The van der Waals surface area contributed by atoms with E-state index < -0.39 is 0 Å². The van der Waals surface area contributed by atoms with E-state index in [0.29, 0.717) is 5.56 Å². The van der Waals surface area contributed by atoms with Crippen molar-refractivity contribution in [1.29, 1.82) is 5.26 Å². The first-order valence-corrected chi connectivity index (χ1v) is 8.30. The maximum absolute atomic E-state index is 9.06. The van der Waals surface area contributed by atoms with Crippen molar-refractivity contribution in [2.45, 2.75) is 31.8 Å². The first-order valence-electron chi connectivity index (χ1n) is 8.30. The van der Waals surface area contributed by atoms with Gasteiger partial charge in [-0.3, -0.25) is 0 Å². The molecule has 3 rings (SSSR count). The number of nitriles is 1. The molecule has 0 radical (unpaired) electrons. The van der Waals surface area contributed by atoms with Crippen LogP contribution >= 0.6 is 0 Å². The number of likely N-dealkylation sites (tertiary alicyclic amines) is 1. The molecule has 0 aromatic carbocycles. The number of piperidine rings is 1. The average Bonchev–Trinajstić information content (AvgIpc) is 2.81. The standard InChI is InChI=1S/C17H24N4O/c18-12-15-5-6-19-17(11-15)21-9-4-10-22-16(14-21)13-20-7-2-1-3-8-20/h5-6,11,16H,1-4,7-10,13-14H2/t16-/m0/s1. The van der Waals surface area contributed by atoms with Crippen LogP contribution in [0.2, 0.25) is 0 Å². The molecule has 2 aliphatic heterocycles. The highest BCUT2D eigenvalue weighted by molar-refractivity contribution is 5.45. The van der Waals surface area contributed by atoms with E-state index in [1.807, 2.05) is 6.07 Å². The third kappa shape index (κ3) is 3.96. The Morgan fingerprint density at radius 1 is 1.23 bits per heavy atom. The second-order valence-corrected chi connectivity index (χ2v) is 6.17. The molecule has 0 spiro atoms. The van der Waals surface area contributed by atoms with Gasteiger partial charge in [0.05, 0.1) is 17.7 Å². The van der Waals surface area contributed by atoms with Gasteiger partial charge in [-0.1, -0.05) is 6.42 Å². The van der Waals surface area contributed by atoms with Gasteiger partial charge < -0.3 is 14.5 Å². The van der Waals surface area contributed by atoms with Crippen molar-refractivity contribution in [3.63, 3.8) is 0 Å². The molecule has 0 saturated carbocycles. The number of rotatable bonds is 3. The largest absolute Gasteiger partial charge is 0.375 e. The molecule has 0 unspecified atom stereocenters. The fourth-order valence-electron chi connectivity index (χ4n) is 3.30. The zero-order chi connectivity index (χ0) is 15.2. The Morgan fingerprint density at radius 2 is 2.09 bits per heavy atom. The van der Waals surface area contributed by atoms with Gasteiger partial charge in [0.25, 0.3) is 0 Å². The van der Waals surface area contributed by atoms with Crippen molar-refractivity contribution in [3.05, 3.63) is 23.9 Å². The van der Waals surface area contributed by atoms with Gasteiger partial charge in [-0.05, 0) is 44.5 Å². The third-order valence-electron chi connectivity index (χ3n) is 4.46. The van der Waals surface area contributed by atoms with Gasteiger partial charge in [-0.2, -0.15) is 5.26 Å². The van der Waals surface area contributed by atoms with E-state index in [2.05, 4.69) is 20.9 Å². The van der Waals surface area contributed by atoms with Crippen LogP contribution in [-0.2, 0) is 4.74 Å². The molecule has 2 fully saturated rings. The van der Waals surface area contributed by atoms with Crippen LogP contribution in [0.5, 0.6) is 0 Å². The molecular formula is C17H24N4O. The number of anilines is 1. The third-order valence-corrected chi connectivity index (χ3v) is 4.46. The number of nitrogens with zero attached hydrogens (tertiary/aromatic N) is 4. The summed E-state index contributed by atoms with van der Waals surface area (Å²) in [6.45, 7) is 6.02. The Balaban J connectivity index is 1.65. The molecule has 0 aliphatic carbocycles. The normalized spacial score (nSPS) is 23.8. The second-order valence-electron chi connectivity index (χ2n) is 6.17. The maximum atomic E-state index is 9.06. The summed E-state index contributed by atoms with van der Waals surface area (Å²) < 4.78 is 6.04. The van der Waals surface area contributed by atoms with E-state index in [0.717, 1.165) is 38.5 Å². The number of hydrogen-bond donors (Lipinski definition) is 0. The summed E-state index contributed by atoms with van der Waals surface area (Å²) in [7, 11) is 0. The molecule has 118 valence electrons. The number of hydrogen-bond acceptors (Lipinski definition) is 5. The topological polar surface area (TPSA) is 52.4 Å². The Bertz CT molecular complexity index is 522. The van der Waals surface area contributed by atoms with E-state index in [4.69, 9.17) is 10.00 Å². The Morgan fingerprint density at radius 3 is 2.91 bits per heavy atom. The summed E-state index contributed by atoms with van der Waals surface area (Å²) in [6, 6.07) is 5.82. The minimum Gasteiger partial charge on any atom is -0.375 e. The summed E-state index contributed by atoms with van der Waals surface area (Å²) in [5.41, 5.74) is 0.669. The quantitative estimate of drug-likeness (QED) is 0.855. The predicted octanol–water partition coefficient (Wildman–Crippen LogP) is 2.03. The summed E-state index contributed by atoms with van der Waals surface area (Å²) >= 11 is 0. The van der Waals surface area contributed by atoms with Crippen molar-refractivity contribution in [2.24, 2.45) is 0 Å². The van der Waals surface area contributed by atoms with Gasteiger partial charge in [-0.15, -0.1) is 0 Å². The van der Waals surface area contributed by atoms with E-state index in [9.17, 15) is 0 Å². The molecule has 3 heterocycles. The fraction of sp³-hybridized carbons (Fsp3) is 0.647. The average molecular weight is 300 g/mol. The lowest BCUT2D eigenvalue weighted by Crippen LogP contribution is -2.42. The maximum Gasteiger partial charge on any atom is 0.129 e. The first kappa shape index (κ1) is 15.3. The van der Waals surface area contributed by atoms with E-state index in [-0.39, 0.29) is 6.10 Å². The van der Waals surface area contributed by atoms with Gasteiger partial charge in [0.1, 0.15) is 5.82 Å². The molecule has 1 atom stereocenters. The molecule has 5 heteroatoms. The zero-order valence-electron chi connectivity index (χ0n) is 13.1. The van der Waals surface area contributed by atoms with Crippen molar-refractivity contribution in [2.75, 3.05) is 44.2 Å². The molecule has 0 amide bonds. The molecule has 1 aromatic rings. The van der Waals surface area contributed by atoms with Crippen LogP contribution in [0, 0.1) is 11.3 Å². The van der Waals surface area contributed by atoms with E-state index in [1.165, 1.54) is 32.4 Å². The van der Waals surface area contributed by atoms with Crippen LogP contribution in [0.3, 0.4) is 0 Å². The Hall–Kier alpha value is -1.64. The van der Waals surface area contributed by atoms with Gasteiger partial charge in [0, 0.05) is 32.4 Å². The number of ether oxygens (including phenoxy) is 1. The fourth-order valence-corrected chi connectivity index (χ4v) is 3.30. The molecule has 22 heavy (non-hydrogen) atoms. The summed E-state index contributed by atoms with van der Waals surface area (Å²) in [6.07, 6.45) is 6.94. The molecule has 5 nitrogen and oxygen atoms in total. The monoisotopic (exact) mass is 300 g/mol. The van der Waals surface area contributed by atoms with E-state index >= 15 is 0 Å². The van der Waals surface area contributed by atoms with Crippen LogP contribution in [0.4, 0.5) is 5.82 Å². The molecule has 2 aliphatic rings. The number of pyridine rings is 1. The Kier molecular flexibility index (Phi) is 5.25. The lowest BCUT2D eigenvalue weighted by molar-refractivity contribution is 0.0350. The molecule has 2 saturated heterocycles. The summed E-state index contributed by atoms with van der Waals surface area (Å²) in [5, 5.41) is 9.06. The van der Waals surface area contributed by atoms with Crippen LogP contribution in [0.15, 0.2) is 18.3 Å². The predicted molar refractivity (Wildman–Crippen MR) is 85.8 cm³/mol. The molecule has 0 N–H and O–H groups in total. The van der Waals surface area contributed by atoms with Crippen molar-refractivity contribution >= 4 is 5.82 Å². The number of aromatic nitrogens is 1. The van der Waals surface area contributed by atoms with Crippen LogP contribution in [0.25, 0.3) is 0 Å². The lowest BCUT2D eigenvalue weighted by Gasteiger charge is -2.31. The SMILES string of the molecule is N#Cc1ccnc(N2CCCO[C@@H](CN3CCCCC3)C2)c1. The Labute approximate surface area is 132 Å². The smallest absolute Gasteiger partial charge is 0.129 e. The van der Waals surface area contributed by atoms with Crippen molar-refractivity contribution in [3.8, 4) is 6.07 Å². The molecular weight excluding hydrogens is 276 g/mol. The lowest BCUT2D eigenvalue weighted by atomic mass is 10.1. The highest BCUT2D eigenvalue weighted by Gasteiger charge is 2.23. The zero-order valence-corrected chi connectivity index (χ0v) is 13.1. The first-order chi connectivity index (χ1) is 10.8. The minimum absolute atomic E-state index is 0.230. The van der Waals surface area contributed by atoms with Crippen molar-refractivity contribution in [1.82, 2.24) is 9.88 Å². The van der Waals surface area contributed by atoms with Crippen molar-refractivity contribution < 1.29 is 4.74 Å². The second kappa shape index (κ2) is 7.57. The van der Waals surface area contributed by atoms with Gasteiger partial charge >= 0.3 is 0 Å². The minimum atomic E-state index is 0.230. The highest BCUT2D eigenvalue weighted by Crippen LogP contribution is 2.18. The van der Waals surface area contributed by atoms with Gasteiger partial charge in [0.2, 0.25) is 0 Å². The highest BCUT2D eigenvalue weighted by atomic mass is 16.5. The van der Waals surface area contributed by atoms with Crippen LogP contribution < -0.4 is 4.90 Å². The van der Waals surface area contributed by atoms with Crippen LogP contribution in [0.1, 0.15) is 31.2 Å². The van der Waals surface area contributed by atoms with Gasteiger partial charge in [0.15, 0.2) is 0 Å². The van der Waals surface area contributed by atoms with E-state index in [1.54, 1.807) is 12.3 Å². The molecule has 1 aromatic heterocycles. The summed E-state index contributed by atoms with van der Waals surface area (Å²) in [4.78, 5) is 9.23. The molecule has 0 bridgehead atoms. The van der Waals surface area contributed by atoms with Crippen LogP contribution in [-0.4, -0.2) is 55.3 Å².